The second kappa shape index (κ2) is 4.29. The fourth-order valence-electron chi connectivity index (χ4n) is 1.26. The van der Waals surface area contributed by atoms with Crippen LogP contribution in [-0.4, -0.2) is 11.5 Å². The van der Waals surface area contributed by atoms with Crippen molar-refractivity contribution in [2.45, 2.75) is 6.42 Å². The summed E-state index contributed by atoms with van der Waals surface area (Å²) in [5, 5.41) is 0.985. The van der Waals surface area contributed by atoms with Crippen molar-refractivity contribution >= 4 is 50.2 Å². The molecule has 0 amide bonds. The van der Waals surface area contributed by atoms with Crippen molar-refractivity contribution in [1.82, 2.24) is 4.98 Å². The predicted molar refractivity (Wildman–Crippen MR) is 64.5 cm³/mol. The summed E-state index contributed by atoms with van der Waals surface area (Å²) in [6, 6.07) is 1.70. The van der Waals surface area contributed by atoms with Crippen molar-refractivity contribution in [3.05, 3.63) is 26.5 Å². The van der Waals surface area contributed by atoms with E-state index < -0.39 is 0 Å². The molecule has 2 aromatic rings. The average Bonchev–Trinajstić information content (AvgIpc) is 2.60. The quantitative estimate of drug-likeness (QED) is 0.865. The Morgan fingerprint density at radius 3 is 2.87 bits per heavy atom. The number of benzene rings is 1. The fraction of sp³-hybridized carbons (Fsp3) is 0.222. The van der Waals surface area contributed by atoms with E-state index in [0.717, 1.165) is 0 Å². The molecule has 2 rings (SSSR count). The van der Waals surface area contributed by atoms with Crippen LogP contribution < -0.4 is 5.73 Å². The normalized spacial score (nSPS) is 11.2. The van der Waals surface area contributed by atoms with Gasteiger partial charge < -0.3 is 10.2 Å². The van der Waals surface area contributed by atoms with Crippen molar-refractivity contribution < 1.29 is 4.42 Å². The van der Waals surface area contributed by atoms with Gasteiger partial charge in [0, 0.05) is 17.4 Å². The van der Waals surface area contributed by atoms with Crippen molar-refractivity contribution in [3.63, 3.8) is 0 Å². The van der Waals surface area contributed by atoms with Crippen LogP contribution in [0.4, 0.5) is 0 Å². The smallest absolute Gasteiger partial charge is 0.196 e. The number of nitrogens with zero attached hydrogens (tertiary/aromatic N) is 1. The fourth-order valence-corrected chi connectivity index (χ4v) is 2.22. The van der Waals surface area contributed by atoms with E-state index in [4.69, 9.17) is 33.4 Å². The highest BCUT2D eigenvalue weighted by Gasteiger charge is 2.14. The molecule has 1 aromatic heterocycles. The maximum absolute atomic E-state index is 6.04. The van der Waals surface area contributed by atoms with Gasteiger partial charge in [0.25, 0.3) is 0 Å². The molecule has 0 aliphatic rings. The molecule has 2 N–H and O–H groups in total. The van der Waals surface area contributed by atoms with Gasteiger partial charge in [-0.25, -0.2) is 4.98 Å². The molecule has 3 nitrogen and oxygen atoms in total. The van der Waals surface area contributed by atoms with Gasteiger partial charge in [-0.3, -0.25) is 0 Å². The average molecular weight is 310 g/mol. The van der Waals surface area contributed by atoms with Crippen LogP contribution >= 0.6 is 39.1 Å². The first-order valence-electron chi connectivity index (χ1n) is 4.26. The van der Waals surface area contributed by atoms with Gasteiger partial charge in [0.1, 0.15) is 5.52 Å². The number of aromatic nitrogens is 1. The van der Waals surface area contributed by atoms with Gasteiger partial charge in [-0.05, 0) is 22.0 Å². The third kappa shape index (κ3) is 1.99. The largest absolute Gasteiger partial charge is 0.439 e. The molecule has 0 atom stereocenters. The number of halogens is 3. The van der Waals surface area contributed by atoms with Crippen LogP contribution in [0.2, 0.25) is 10.0 Å². The Labute approximate surface area is 105 Å². The minimum Gasteiger partial charge on any atom is -0.439 e. The molecule has 80 valence electrons. The lowest BCUT2D eigenvalue weighted by molar-refractivity contribution is 0.531. The SMILES string of the molecule is NCCc1nc2c(Cl)cc(Br)c(Cl)c2o1. The van der Waals surface area contributed by atoms with Crippen LogP contribution in [0.15, 0.2) is 15.0 Å². The van der Waals surface area contributed by atoms with Crippen molar-refractivity contribution in [3.8, 4) is 0 Å². The number of rotatable bonds is 2. The zero-order valence-electron chi connectivity index (χ0n) is 7.56. The van der Waals surface area contributed by atoms with E-state index in [1.165, 1.54) is 0 Å². The van der Waals surface area contributed by atoms with Crippen LogP contribution in [-0.2, 0) is 6.42 Å². The summed E-state index contributed by atoms with van der Waals surface area (Å²) in [7, 11) is 0. The lowest BCUT2D eigenvalue weighted by Crippen LogP contribution is -2.02. The molecule has 0 aliphatic carbocycles. The molecular formula is C9H7BrCl2N2O. The van der Waals surface area contributed by atoms with Crippen molar-refractivity contribution in [1.29, 1.82) is 0 Å². The van der Waals surface area contributed by atoms with Crippen LogP contribution in [0, 0.1) is 0 Å². The van der Waals surface area contributed by atoms with Crippen LogP contribution in [0.3, 0.4) is 0 Å². The molecular weight excluding hydrogens is 303 g/mol. The Balaban J connectivity index is 2.68. The summed E-state index contributed by atoms with van der Waals surface area (Å²) in [5.74, 6) is 0.550. The minimum absolute atomic E-state index is 0.475. The highest BCUT2D eigenvalue weighted by molar-refractivity contribution is 9.10. The van der Waals surface area contributed by atoms with Gasteiger partial charge in [0.15, 0.2) is 11.5 Å². The molecule has 0 radical (unpaired) electrons. The summed E-state index contributed by atoms with van der Waals surface area (Å²) in [6.45, 7) is 0.475. The highest BCUT2D eigenvalue weighted by atomic mass is 79.9. The maximum Gasteiger partial charge on any atom is 0.196 e. The Kier molecular flexibility index (Phi) is 3.21. The molecule has 0 saturated heterocycles. The summed E-state index contributed by atoms with van der Waals surface area (Å²) in [6.07, 6.45) is 0.568. The Hall–Kier alpha value is -0.290. The van der Waals surface area contributed by atoms with Crippen LogP contribution in [0.25, 0.3) is 11.1 Å². The van der Waals surface area contributed by atoms with Gasteiger partial charge in [-0.1, -0.05) is 23.2 Å². The number of hydrogen-bond donors (Lipinski definition) is 1. The lowest BCUT2D eigenvalue weighted by atomic mass is 10.3. The number of nitrogens with two attached hydrogens (primary N) is 1. The maximum atomic E-state index is 6.04. The minimum atomic E-state index is 0.475. The third-order valence-electron chi connectivity index (χ3n) is 1.92. The molecule has 1 heterocycles. The second-order valence-electron chi connectivity index (χ2n) is 2.98. The first-order valence-corrected chi connectivity index (χ1v) is 5.81. The van der Waals surface area contributed by atoms with E-state index in [-0.39, 0.29) is 0 Å². The zero-order chi connectivity index (χ0) is 11.0. The molecule has 6 heteroatoms. The molecule has 15 heavy (non-hydrogen) atoms. The van der Waals surface area contributed by atoms with Crippen molar-refractivity contribution in [2.75, 3.05) is 6.54 Å². The molecule has 0 bridgehead atoms. The van der Waals surface area contributed by atoms with Crippen LogP contribution in [0.1, 0.15) is 5.89 Å². The molecule has 0 saturated carbocycles. The Morgan fingerprint density at radius 1 is 1.47 bits per heavy atom. The number of fused-ring (bicyclic) bond motifs is 1. The van der Waals surface area contributed by atoms with E-state index in [1.54, 1.807) is 6.07 Å². The van der Waals surface area contributed by atoms with Crippen LogP contribution in [0.5, 0.6) is 0 Å². The van der Waals surface area contributed by atoms with Gasteiger partial charge in [0.2, 0.25) is 0 Å². The van der Waals surface area contributed by atoms with E-state index in [2.05, 4.69) is 20.9 Å². The van der Waals surface area contributed by atoms with Gasteiger partial charge >= 0.3 is 0 Å². The summed E-state index contributed by atoms with van der Waals surface area (Å²) in [4.78, 5) is 4.22. The van der Waals surface area contributed by atoms with Gasteiger partial charge in [-0.2, -0.15) is 0 Å². The molecule has 0 unspecified atom stereocenters. The number of oxazole rings is 1. The highest BCUT2D eigenvalue weighted by Crippen LogP contribution is 2.36. The molecule has 1 aromatic carbocycles. The Bertz CT molecular complexity index is 512. The standard InChI is InChI=1S/C9H7BrCl2N2O/c10-4-3-5(11)8-9(7(4)12)15-6(14-8)1-2-13/h3H,1-2,13H2. The lowest BCUT2D eigenvalue weighted by Gasteiger charge is -1.96. The molecule has 0 spiro atoms. The first-order chi connectivity index (χ1) is 7.13. The van der Waals surface area contributed by atoms with E-state index in [1.807, 2.05) is 0 Å². The summed E-state index contributed by atoms with van der Waals surface area (Å²) in [5.41, 5.74) is 6.49. The van der Waals surface area contributed by atoms with Gasteiger partial charge in [0.05, 0.1) is 10.0 Å². The second-order valence-corrected chi connectivity index (χ2v) is 4.62. The topological polar surface area (TPSA) is 52.0 Å². The van der Waals surface area contributed by atoms with E-state index in [9.17, 15) is 0 Å². The van der Waals surface area contributed by atoms with Gasteiger partial charge in [-0.15, -0.1) is 0 Å². The molecule has 0 fully saturated rings. The predicted octanol–water partition coefficient (Wildman–Crippen LogP) is 3.40. The monoisotopic (exact) mass is 308 g/mol. The summed E-state index contributed by atoms with van der Waals surface area (Å²) >= 11 is 15.3. The summed E-state index contributed by atoms with van der Waals surface area (Å²) < 4.78 is 6.16. The Morgan fingerprint density at radius 2 is 2.20 bits per heavy atom. The third-order valence-corrected chi connectivity index (χ3v) is 3.44. The first kappa shape index (κ1) is 11.2. The molecule has 0 aliphatic heterocycles. The van der Waals surface area contributed by atoms with E-state index in [0.29, 0.717) is 44.5 Å². The van der Waals surface area contributed by atoms with E-state index >= 15 is 0 Å². The number of hydrogen-bond acceptors (Lipinski definition) is 3. The zero-order valence-corrected chi connectivity index (χ0v) is 10.7. The van der Waals surface area contributed by atoms with Crippen molar-refractivity contribution in [2.24, 2.45) is 5.73 Å².